The van der Waals surface area contributed by atoms with Gasteiger partial charge in [0, 0.05) is 42.3 Å². The van der Waals surface area contributed by atoms with Crippen LogP contribution in [0.1, 0.15) is 30.6 Å². The zero-order chi connectivity index (χ0) is 23.3. The van der Waals surface area contributed by atoms with Crippen molar-refractivity contribution in [3.63, 3.8) is 0 Å². The number of aliphatic hydroxyl groups excluding tert-OH is 1. The Morgan fingerprint density at radius 3 is 1.69 bits per heavy atom. The van der Waals surface area contributed by atoms with Gasteiger partial charge in [-0.2, -0.15) is 0 Å². The first-order valence-corrected chi connectivity index (χ1v) is 13.1. The predicted octanol–water partition coefficient (Wildman–Crippen LogP) is 6.36. The molecule has 0 spiro atoms. The van der Waals surface area contributed by atoms with E-state index < -0.39 is 6.10 Å². The van der Waals surface area contributed by atoms with E-state index in [4.69, 9.17) is 0 Å². The molecule has 0 saturated heterocycles. The van der Waals surface area contributed by atoms with E-state index in [9.17, 15) is 9.90 Å². The van der Waals surface area contributed by atoms with Crippen LogP contribution in [-0.4, -0.2) is 41.6 Å². The number of nitrogens with zero attached hydrogens (tertiary/aromatic N) is 2. The van der Waals surface area contributed by atoms with Gasteiger partial charge in [-0.05, 0) is 73.7 Å². The lowest BCUT2D eigenvalue weighted by Crippen LogP contribution is -2.28. The lowest BCUT2D eigenvalue weighted by atomic mass is 10.0. The molecule has 0 fully saturated rings. The Kier molecular flexibility index (Phi) is 11.2. The van der Waals surface area contributed by atoms with Crippen molar-refractivity contribution in [2.24, 2.45) is 0 Å². The normalized spacial score (nSPS) is 11.2. The number of anilines is 3. The molecule has 0 aliphatic carbocycles. The van der Waals surface area contributed by atoms with Gasteiger partial charge in [-0.1, -0.05) is 59.0 Å². The first-order valence-electron chi connectivity index (χ1n) is 11.0. The highest BCUT2D eigenvalue weighted by Gasteiger charge is 2.19. The summed E-state index contributed by atoms with van der Waals surface area (Å²) in [6, 6.07) is 27.6. The smallest absolute Gasteiger partial charge is 0.191 e. The Balaban J connectivity index is 0.00000176. The third-order valence-electron chi connectivity index (χ3n) is 5.34. The van der Waals surface area contributed by atoms with Crippen molar-refractivity contribution in [1.29, 1.82) is 0 Å². The molecule has 0 amide bonds. The van der Waals surface area contributed by atoms with Crippen LogP contribution in [0.2, 0.25) is 0 Å². The van der Waals surface area contributed by atoms with E-state index in [0.29, 0.717) is 18.5 Å². The summed E-state index contributed by atoms with van der Waals surface area (Å²) in [5.41, 5.74) is 3.70. The fraction of sp³-hybridized carbons (Fsp3) is 0.296. The number of carbonyl (C=O) groups excluding carboxylic acids is 1. The molecule has 1 atom stereocenters. The molecular weight excluding hydrogens is 511 g/mol. The maximum Gasteiger partial charge on any atom is 0.191 e. The summed E-state index contributed by atoms with van der Waals surface area (Å²) in [6.07, 6.45) is -0.695. The number of aliphatic hydroxyl groups is 1. The molecule has 1 unspecified atom stereocenters. The van der Waals surface area contributed by atoms with Gasteiger partial charge in [0.2, 0.25) is 0 Å². The monoisotopic (exact) mass is 544 g/mol. The maximum absolute atomic E-state index is 12.8. The van der Waals surface area contributed by atoms with Crippen LogP contribution >= 0.6 is 22.6 Å². The molecule has 5 heteroatoms. The van der Waals surface area contributed by atoms with E-state index in [-0.39, 0.29) is 5.78 Å². The van der Waals surface area contributed by atoms with Crippen molar-refractivity contribution in [2.45, 2.75) is 26.4 Å². The summed E-state index contributed by atoms with van der Waals surface area (Å²) >= 11 is 2.15. The molecule has 0 radical (unpaired) electrons. The fourth-order valence-electron chi connectivity index (χ4n) is 3.62. The molecule has 1 N–H and O–H groups in total. The largest absolute Gasteiger partial charge is 0.385 e. The van der Waals surface area contributed by atoms with E-state index in [1.165, 1.54) is 0 Å². The van der Waals surface area contributed by atoms with E-state index in [2.05, 4.69) is 46.2 Å². The molecule has 3 rings (SSSR count). The fourth-order valence-corrected chi connectivity index (χ4v) is 3.62. The number of Topliss-reactive ketones (excluding diaryl/α,β-unsaturated/α-hetero) is 1. The molecule has 0 aliphatic heterocycles. The van der Waals surface area contributed by atoms with Gasteiger partial charge in [-0.3, -0.25) is 4.79 Å². The number of rotatable bonds is 10. The number of halogens is 1. The minimum atomic E-state index is -1.04. The number of benzene rings is 3. The lowest BCUT2D eigenvalue weighted by Gasteiger charge is -2.26. The van der Waals surface area contributed by atoms with Crippen molar-refractivity contribution in [2.75, 3.05) is 34.4 Å². The number of hydrogen-bond donors (Lipinski definition) is 1. The van der Waals surface area contributed by atoms with E-state index in [1.54, 1.807) is 0 Å². The zero-order valence-corrected chi connectivity index (χ0v) is 21.3. The van der Waals surface area contributed by atoms with Crippen molar-refractivity contribution in [3.8, 4) is 0 Å². The molecular formula is C27H33IN2O2. The van der Waals surface area contributed by atoms with Gasteiger partial charge in [-0.15, -0.1) is 0 Å². The molecule has 170 valence electrons. The summed E-state index contributed by atoms with van der Waals surface area (Å²) in [6.45, 7) is 6.59. The minimum absolute atomic E-state index is 0.234. The number of ketones is 1. The quantitative estimate of drug-likeness (QED) is 0.183. The van der Waals surface area contributed by atoms with Crippen LogP contribution in [0.15, 0.2) is 84.9 Å². The number of carbonyl (C=O) groups is 1. The molecule has 0 aromatic heterocycles. The third-order valence-corrected chi connectivity index (χ3v) is 5.34. The van der Waals surface area contributed by atoms with Crippen LogP contribution in [-0.2, 0) is 0 Å². The van der Waals surface area contributed by atoms with Gasteiger partial charge in [0.25, 0.3) is 0 Å². The molecule has 0 heterocycles. The number of hydrogen-bond acceptors (Lipinski definition) is 4. The number of para-hydroxylation sites is 2. The van der Waals surface area contributed by atoms with Crippen molar-refractivity contribution >= 4 is 45.4 Å². The SMILES string of the molecule is CCN(CC)c1ccc(C(=O)C(O)CCN(c2ccccc2)c2ccccc2)cc1.CI. The van der Waals surface area contributed by atoms with E-state index in [1.807, 2.05) is 89.9 Å². The van der Waals surface area contributed by atoms with Crippen LogP contribution in [0.4, 0.5) is 17.1 Å². The van der Waals surface area contributed by atoms with Gasteiger partial charge in [0.15, 0.2) is 5.78 Å². The van der Waals surface area contributed by atoms with Gasteiger partial charge in [0.1, 0.15) is 6.10 Å². The van der Waals surface area contributed by atoms with Crippen LogP contribution in [0.5, 0.6) is 0 Å². The van der Waals surface area contributed by atoms with Crippen molar-refractivity contribution < 1.29 is 9.90 Å². The van der Waals surface area contributed by atoms with Crippen LogP contribution in [0.25, 0.3) is 0 Å². The molecule has 32 heavy (non-hydrogen) atoms. The Morgan fingerprint density at radius 1 is 0.781 bits per heavy atom. The standard InChI is InChI=1S/C26H30N2O2.CH3I/c1-3-27(4-2)22-17-15-21(16-18-22)26(30)25(29)19-20-28(23-11-7-5-8-12-23)24-13-9-6-10-14-24;1-2/h5-18,25,29H,3-4,19-20H2,1-2H3;1H3. The van der Waals surface area contributed by atoms with Gasteiger partial charge >= 0.3 is 0 Å². The summed E-state index contributed by atoms with van der Waals surface area (Å²) in [5.74, 6) is -0.234. The minimum Gasteiger partial charge on any atom is -0.385 e. The molecule has 3 aromatic carbocycles. The predicted molar refractivity (Wildman–Crippen MR) is 145 cm³/mol. The Bertz CT molecular complexity index is 874. The average molecular weight is 544 g/mol. The second-order valence-corrected chi connectivity index (χ2v) is 7.21. The topological polar surface area (TPSA) is 43.8 Å². The highest BCUT2D eigenvalue weighted by Crippen LogP contribution is 2.25. The molecule has 4 nitrogen and oxygen atoms in total. The highest BCUT2D eigenvalue weighted by atomic mass is 127. The van der Waals surface area contributed by atoms with Crippen LogP contribution in [0, 0.1) is 0 Å². The van der Waals surface area contributed by atoms with Gasteiger partial charge in [-0.25, -0.2) is 0 Å². The van der Waals surface area contributed by atoms with Crippen molar-refractivity contribution in [3.05, 3.63) is 90.5 Å². The molecule has 3 aromatic rings. The summed E-state index contributed by atoms with van der Waals surface area (Å²) in [7, 11) is 0. The van der Waals surface area contributed by atoms with Gasteiger partial charge in [0.05, 0.1) is 0 Å². The van der Waals surface area contributed by atoms with Crippen molar-refractivity contribution in [1.82, 2.24) is 0 Å². The summed E-state index contributed by atoms with van der Waals surface area (Å²) in [4.78, 5) is 19.1. The lowest BCUT2D eigenvalue weighted by molar-refractivity contribution is 0.0735. The summed E-state index contributed by atoms with van der Waals surface area (Å²) in [5, 5.41) is 10.6. The van der Waals surface area contributed by atoms with E-state index in [0.717, 1.165) is 30.2 Å². The molecule has 0 bridgehead atoms. The molecule has 0 aliphatic rings. The second-order valence-electron chi connectivity index (χ2n) is 7.21. The van der Waals surface area contributed by atoms with Gasteiger partial charge < -0.3 is 14.9 Å². The van der Waals surface area contributed by atoms with Crippen LogP contribution < -0.4 is 9.80 Å². The van der Waals surface area contributed by atoms with E-state index >= 15 is 0 Å². The maximum atomic E-state index is 12.8. The third kappa shape index (κ3) is 7.07. The first kappa shape index (κ1) is 25.9. The Labute approximate surface area is 206 Å². The average Bonchev–Trinajstić information content (AvgIpc) is 2.87. The Hall–Kier alpha value is -2.38. The first-order chi connectivity index (χ1) is 15.6. The number of alkyl halides is 1. The zero-order valence-electron chi connectivity index (χ0n) is 19.1. The highest BCUT2D eigenvalue weighted by molar-refractivity contribution is 14.1. The molecule has 0 saturated carbocycles. The van der Waals surface area contributed by atoms with Crippen LogP contribution in [0.3, 0.4) is 0 Å². The Morgan fingerprint density at radius 2 is 1.25 bits per heavy atom. The second kappa shape index (κ2) is 13.9. The summed E-state index contributed by atoms with van der Waals surface area (Å²) < 4.78 is 0.